The van der Waals surface area contributed by atoms with E-state index in [1.807, 2.05) is 0 Å². The molecule has 84 valence electrons. The summed E-state index contributed by atoms with van der Waals surface area (Å²) >= 11 is 7.01. The van der Waals surface area contributed by atoms with Crippen LogP contribution in [0.1, 0.15) is 25.8 Å². The van der Waals surface area contributed by atoms with Crippen molar-refractivity contribution in [2.45, 2.75) is 32.6 Å². The Morgan fingerprint density at radius 2 is 2.13 bits per heavy atom. The highest BCUT2D eigenvalue weighted by atomic mass is 35.5. The maximum Gasteiger partial charge on any atom is 0.243 e. The summed E-state index contributed by atoms with van der Waals surface area (Å²) in [4.78, 5) is 11.2. The summed E-state index contributed by atoms with van der Waals surface area (Å²) in [5, 5.41) is 11.4. The van der Waals surface area contributed by atoms with Crippen molar-refractivity contribution in [2.24, 2.45) is 5.92 Å². The van der Waals surface area contributed by atoms with Gasteiger partial charge in [-0.1, -0.05) is 25.2 Å². The maximum atomic E-state index is 11.2. The molecule has 0 radical (unpaired) electrons. The number of halogens is 1. The largest absolute Gasteiger partial charge is 0.299 e. The summed E-state index contributed by atoms with van der Waals surface area (Å²) < 4.78 is 0. The van der Waals surface area contributed by atoms with E-state index < -0.39 is 5.38 Å². The van der Waals surface area contributed by atoms with Crippen LogP contribution in [-0.2, 0) is 11.2 Å². The minimum absolute atomic E-state index is 0.246. The van der Waals surface area contributed by atoms with Gasteiger partial charge in [0.05, 0.1) is 0 Å². The molecule has 4 nitrogen and oxygen atoms in total. The first-order valence-electron chi connectivity index (χ1n) is 4.76. The zero-order valence-corrected chi connectivity index (χ0v) is 10.5. The third-order valence-corrected chi connectivity index (χ3v) is 2.70. The summed E-state index contributed by atoms with van der Waals surface area (Å²) in [6, 6.07) is 0. The van der Waals surface area contributed by atoms with Crippen molar-refractivity contribution < 1.29 is 4.79 Å². The molecule has 0 aliphatic carbocycles. The summed E-state index contributed by atoms with van der Waals surface area (Å²) in [5.74, 6) is 0.289. The Kier molecular flexibility index (Phi) is 4.47. The zero-order chi connectivity index (χ0) is 11.4. The van der Waals surface area contributed by atoms with E-state index in [0.29, 0.717) is 11.0 Å². The first kappa shape index (κ1) is 12.4. The van der Waals surface area contributed by atoms with Crippen molar-refractivity contribution in [2.75, 3.05) is 5.32 Å². The second kappa shape index (κ2) is 5.42. The lowest BCUT2D eigenvalue weighted by atomic mass is 10.1. The first-order valence-corrected chi connectivity index (χ1v) is 6.01. The van der Waals surface area contributed by atoms with E-state index in [1.165, 1.54) is 11.3 Å². The summed E-state index contributed by atoms with van der Waals surface area (Å²) in [7, 11) is 0. The third-order valence-electron chi connectivity index (χ3n) is 1.64. The fourth-order valence-corrected chi connectivity index (χ4v) is 1.95. The van der Waals surface area contributed by atoms with Gasteiger partial charge in [-0.2, -0.15) is 0 Å². The molecule has 0 saturated carbocycles. The highest BCUT2D eigenvalue weighted by molar-refractivity contribution is 7.15. The molecule has 1 heterocycles. The Morgan fingerprint density at radius 3 is 2.67 bits per heavy atom. The summed E-state index contributed by atoms with van der Waals surface area (Å²) in [6.45, 7) is 5.84. The van der Waals surface area contributed by atoms with Crippen LogP contribution >= 0.6 is 22.9 Å². The lowest BCUT2D eigenvalue weighted by Crippen LogP contribution is -2.20. The molecule has 1 amide bonds. The van der Waals surface area contributed by atoms with Crippen LogP contribution in [0.3, 0.4) is 0 Å². The highest BCUT2D eigenvalue weighted by Crippen LogP contribution is 2.18. The van der Waals surface area contributed by atoms with Crippen LogP contribution in [0.15, 0.2) is 0 Å². The van der Waals surface area contributed by atoms with E-state index in [0.717, 1.165) is 11.4 Å². The monoisotopic (exact) mass is 247 g/mol. The van der Waals surface area contributed by atoms with E-state index >= 15 is 0 Å². The van der Waals surface area contributed by atoms with Crippen LogP contribution < -0.4 is 5.32 Å². The second-order valence-corrected chi connectivity index (χ2v) is 5.42. The van der Waals surface area contributed by atoms with Gasteiger partial charge in [0.2, 0.25) is 11.0 Å². The molecular formula is C9H14ClN3OS. The molecule has 0 fully saturated rings. The van der Waals surface area contributed by atoms with Crippen molar-refractivity contribution in [3.05, 3.63) is 5.01 Å². The molecule has 0 spiro atoms. The smallest absolute Gasteiger partial charge is 0.243 e. The van der Waals surface area contributed by atoms with Gasteiger partial charge in [0, 0.05) is 6.42 Å². The van der Waals surface area contributed by atoms with Crippen molar-refractivity contribution in [1.29, 1.82) is 0 Å². The van der Waals surface area contributed by atoms with E-state index in [-0.39, 0.29) is 5.91 Å². The number of nitrogens with one attached hydrogen (secondary N) is 1. The van der Waals surface area contributed by atoms with Gasteiger partial charge in [-0.25, -0.2) is 0 Å². The minimum Gasteiger partial charge on any atom is -0.299 e. The number of hydrogen-bond acceptors (Lipinski definition) is 4. The lowest BCUT2D eigenvalue weighted by Gasteiger charge is -2.01. The Balaban J connectivity index is 2.56. The Bertz CT molecular complexity index is 338. The van der Waals surface area contributed by atoms with Gasteiger partial charge in [-0.3, -0.25) is 10.1 Å². The highest BCUT2D eigenvalue weighted by Gasteiger charge is 2.12. The molecule has 1 atom stereocenters. The predicted molar refractivity (Wildman–Crippen MR) is 62.4 cm³/mol. The number of carbonyl (C=O) groups is 1. The summed E-state index contributed by atoms with van der Waals surface area (Å²) in [6.07, 6.45) is 0.879. The van der Waals surface area contributed by atoms with Gasteiger partial charge in [0.25, 0.3) is 0 Å². The van der Waals surface area contributed by atoms with Crippen LogP contribution in [0.4, 0.5) is 5.13 Å². The third kappa shape index (κ3) is 4.13. The molecule has 0 saturated heterocycles. The topological polar surface area (TPSA) is 54.9 Å². The second-order valence-electron chi connectivity index (χ2n) is 3.70. The number of carbonyl (C=O) groups excluding carboxylic acids is 1. The maximum absolute atomic E-state index is 11.2. The average molecular weight is 248 g/mol. The lowest BCUT2D eigenvalue weighted by molar-refractivity contribution is -0.115. The van der Waals surface area contributed by atoms with E-state index in [2.05, 4.69) is 29.4 Å². The number of anilines is 1. The number of rotatable bonds is 4. The van der Waals surface area contributed by atoms with Gasteiger partial charge < -0.3 is 0 Å². The molecule has 0 aromatic carbocycles. The molecule has 1 aromatic heterocycles. The fourth-order valence-electron chi connectivity index (χ4n) is 0.941. The Labute approximate surface area is 98.0 Å². The molecule has 0 aliphatic rings. The quantitative estimate of drug-likeness (QED) is 0.831. The van der Waals surface area contributed by atoms with Crippen molar-refractivity contribution in [1.82, 2.24) is 10.2 Å². The summed E-state index contributed by atoms with van der Waals surface area (Å²) in [5.41, 5.74) is 0. The molecule has 1 aromatic rings. The van der Waals surface area contributed by atoms with Crippen molar-refractivity contribution in [3.63, 3.8) is 0 Å². The minimum atomic E-state index is -0.553. The van der Waals surface area contributed by atoms with Crippen LogP contribution in [0.5, 0.6) is 0 Å². The fraction of sp³-hybridized carbons (Fsp3) is 0.667. The number of alkyl halides is 1. The Morgan fingerprint density at radius 1 is 1.47 bits per heavy atom. The Hall–Kier alpha value is -0.680. The molecule has 0 aliphatic heterocycles. The van der Waals surface area contributed by atoms with Gasteiger partial charge in [0.15, 0.2) is 0 Å². The van der Waals surface area contributed by atoms with E-state index in [1.54, 1.807) is 6.92 Å². The molecule has 6 heteroatoms. The average Bonchev–Trinajstić information content (AvgIpc) is 2.51. The van der Waals surface area contributed by atoms with E-state index in [4.69, 9.17) is 11.6 Å². The molecule has 1 N–H and O–H groups in total. The van der Waals surface area contributed by atoms with Crippen LogP contribution in [0.25, 0.3) is 0 Å². The van der Waals surface area contributed by atoms with E-state index in [9.17, 15) is 4.79 Å². The first-order chi connectivity index (χ1) is 6.99. The van der Waals surface area contributed by atoms with Gasteiger partial charge in [-0.15, -0.1) is 21.8 Å². The molecular weight excluding hydrogens is 234 g/mol. The van der Waals surface area contributed by atoms with Crippen LogP contribution in [0.2, 0.25) is 0 Å². The SMILES string of the molecule is CC(C)Cc1nnc(NC(=O)[C@H](C)Cl)s1. The predicted octanol–water partition coefficient (Wildman–Crippen LogP) is 2.30. The van der Waals surface area contributed by atoms with Crippen molar-refractivity contribution >= 4 is 34.0 Å². The normalized spacial score (nSPS) is 12.9. The van der Waals surface area contributed by atoms with Crippen LogP contribution in [0, 0.1) is 5.92 Å². The molecule has 15 heavy (non-hydrogen) atoms. The number of hydrogen-bond donors (Lipinski definition) is 1. The number of amides is 1. The van der Waals surface area contributed by atoms with Crippen molar-refractivity contribution in [3.8, 4) is 0 Å². The zero-order valence-electron chi connectivity index (χ0n) is 8.95. The van der Waals surface area contributed by atoms with Gasteiger partial charge in [0.1, 0.15) is 10.4 Å². The van der Waals surface area contributed by atoms with Gasteiger partial charge in [-0.05, 0) is 12.8 Å². The van der Waals surface area contributed by atoms with Gasteiger partial charge >= 0.3 is 0 Å². The number of aromatic nitrogens is 2. The molecule has 0 bridgehead atoms. The molecule has 1 rings (SSSR count). The standard InChI is InChI=1S/C9H14ClN3OS/c1-5(2)4-7-12-13-9(15-7)11-8(14)6(3)10/h5-6H,4H2,1-3H3,(H,11,13,14)/t6-/m0/s1. The number of nitrogens with zero attached hydrogens (tertiary/aromatic N) is 2. The van der Waals surface area contributed by atoms with Crippen LogP contribution in [-0.4, -0.2) is 21.5 Å². The molecule has 0 unspecified atom stereocenters.